The van der Waals surface area contributed by atoms with Gasteiger partial charge in [-0.25, -0.2) is 4.39 Å². The first-order chi connectivity index (χ1) is 9.60. The van der Waals surface area contributed by atoms with Gasteiger partial charge in [-0.15, -0.1) is 0 Å². The molecule has 20 heavy (non-hydrogen) atoms. The number of Topliss-reactive ketones (excluding diaryl/α,β-unsaturated/α-hetero) is 1. The van der Waals surface area contributed by atoms with Gasteiger partial charge in [-0.1, -0.05) is 12.1 Å². The van der Waals surface area contributed by atoms with E-state index in [1.807, 2.05) is 24.3 Å². The SMILES string of the molecule is COc1ccc(CNc2ccc(F)cc2C(C)=O)cc1. The highest BCUT2D eigenvalue weighted by atomic mass is 19.1. The van der Waals surface area contributed by atoms with Crippen molar-refractivity contribution in [2.75, 3.05) is 12.4 Å². The van der Waals surface area contributed by atoms with Crippen molar-refractivity contribution in [2.45, 2.75) is 13.5 Å². The molecule has 0 heterocycles. The van der Waals surface area contributed by atoms with Crippen molar-refractivity contribution < 1.29 is 13.9 Å². The molecule has 0 fully saturated rings. The summed E-state index contributed by atoms with van der Waals surface area (Å²) in [4.78, 5) is 11.5. The number of halogens is 1. The molecule has 3 nitrogen and oxygen atoms in total. The summed E-state index contributed by atoms with van der Waals surface area (Å²) in [6.07, 6.45) is 0. The Kier molecular flexibility index (Phi) is 4.35. The molecule has 2 aromatic rings. The second kappa shape index (κ2) is 6.19. The Hall–Kier alpha value is -2.36. The Bertz CT molecular complexity index is 608. The maximum Gasteiger partial charge on any atom is 0.161 e. The number of carbonyl (C=O) groups is 1. The molecule has 0 aromatic heterocycles. The van der Waals surface area contributed by atoms with Crippen LogP contribution in [0.2, 0.25) is 0 Å². The molecule has 0 amide bonds. The van der Waals surface area contributed by atoms with Gasteiger partial charge in [-0.3, -0.25) is 4.79 Å². The number of benzene rings is 2. The molecule has 0 aliphatic rings. The van der Waals surface area contributed by atoms with E-state index in [9.17, 15) is 9.18 Å². The molecule has 0 bridgehead atoms. The number of ether oxygens (including phenoxy) is 1. The minimum Gasteiger partial charge on any atom is -0.497 e. The number of hydrogen-bond donors (Lipinski definition) is 1. The van der Waals surface area contributed by atoms with Crippen molar-refractivity contribution in [3.8, 4) is 5.75 Å². The molecule has 0 aliphatic carbocycles. The van der Waals surface area contributed by atoms with Crippen LogP contribution in [-0.4, -0.2) is 12.9 Å². The maximum absolute atomic E-state index is 13.2. The first-order valence-electron chi connectivity index (χ1n) is 6.27. The molecule has 2 rings (SSSR count). The predicted molar refractivity (Wildman–Crippen MR) is 76.7 cm³/mol. The summed E-state index contributed by atoms with van der Waals surface area (Å²) >= 11 is 0. The number of anilines is 1. The second-order valence-electron chi connectivity index (χ2n) is 4.45. The molecule has 104 valence electrons. The van der Waals surface area contributed by atoms with Crippen LogP contribution in [0.1, 0.15) is 22.8 Å². The van der Waals surface area contributed by atoms with Crippen LogP contribution in [-0.2, 0) is 6.54 Å². The van der Waals surface area contributed by atoms with Crippen LogP contribution in [0.4, 0.5) is 10.1 Å². The van der Waals surface area contributed by atoms with E-state index in [0.717, 1.165) is 11.3 Å². The fourth-order valence-corrected chi connectivity index (χ4v) is 1.90. The van der Waals surface area contributed by atoms with E-state index in [2.05, 4.69) is 5.32 Å². The third-order valence-electron chi connectivity index (χ3n) is 3.00. The van der Waals surface area contributed by atoms with Crippen molar-refractivity contribution in [3.63, 3.8) is 0 Å². The lowest BCUT2D eigenvalue weighted by Gasteiger charge is -2.11. The summed E-state index contributed by atoms with van der Waals surface area (Å²) in [5.74, 6) is 0.215. The summed E-state index contributed by atoms with van der Waals surface area (Å²) in [6, 6.07) is 11.8. The summed E-state index contributed by atoms with van der Waals surface area (Å²) in [5.41, 5.74) is 2.04. The van der Waals surface area contributed by atoms with Crippen LogP contribution in [0.25, 0.3) is 0 Å². The molecule has 0 radical (unpaired) electrons. The number of ketones is 1. The van der Waals surface area contributed by atoms with Crippen LogP contribution in [0.3, 0.4) is 0 Å². The second-order valence-corrected chi connectivity index (χ2v) is 4.45. The monoisotopic (exact) mass is 273 g/mol. The molecular formula is C16H16FNO2. The van der Waals surface area contributed by atoms with Crippen molar-refractivity contribution in [1.82, 2.24) is 0 Å². The quantitative estimate of drug-likeness (QED) is 0.845. The zero-order valence-electron chi connectivity index (χ0n) is 11.4. The summed E-state index contributed by atoms with van der Waals surface area (Å²) in [5, 5.41) is 3.15. The fourth-order valence-electron chi connectivity index (χ4n) is 1.90. The molecular weight excluding hydrogens is 257 g/mol. The lowest BCUT2D eigenvalue weighted by atomic mass is 10.1. The number of nitrogens with one attached hydrogen (secondary N) is 1. The first-order valence-corrected chi connectivity index (χ1v) is 6.27. The normalized spacial score (nSPS) is 10.2. The van der Waals surface area contributed by atoms with Crippen molar-refractivity contribution in [1.29, 1.82) is 0 Å². The molecule has 2 aromatic carbocycles. The molecule has 0 aliphatic heterocycles. The summed E-state index contributed by atoms with van der Waals surface area (Å²) in [6.45, 7) is 1.98. The molecule has 0 saturated carbocycles. The van der Waals surface area contributed by atoms with Crippen LogP contribution in [0.5, 0.6) is 5.75 Å². The summed E-state index contributed by atoms with van der Waals surface area (Å²) < 4.78 is 18.2. The minimum absolute atomic E-state index is 0.165. The number of hydrogen-bond acceptors (Lipinski definition) is 3. The zero-order chi connectivity index (χ0) is 14.5. The Morgan fingerprint density at radius 2 is 1.90 bits per heavy atom. The largest absolute Gasteiger partial charge is 0.497 e. The lowest BCUT2D eigenvalue weighted by Crippen LogP contribution is -2.05. The minimum atomic E-state index is -0.412. The van der Waals surface area contributed by atoms with Gasteiger partial charge in [-0.05, 0) is 42.8 Å². The molecule has 4 heteroatoms. The van der Waals surface area contributed by atoms with Gasteiger partial charge < -0.3 is 10.1 Å². The summed E-state index contributed by atoms with van der Waals surface area (Å²) in [7, 11) is 1.62. The van der Waals surface area contributed by atoms with E-state index < -0.39 is 5.82 Å². The molecule has 0 spiro atoms. The topological polar surface area (TPSA) is 38.3 Å². The highest BCUT2D eigenvalue weighted by Gasteiger charge is 2.08. The van der Waals surface area contributed by atoms with Crippen LogP contribution in [0.15, 0.2) is 42.5 Å². The molecule has 0 saturated heterocycles. The van der Waals surface area contributed by atoms with Gasteiger partial charge in [0.2, 0.25) is 0 Å². The van der Waals surface area contributed by atoms with Gasteiger partial charge in [-0.2, -0.15) is 0 Å². The maximum atomic E-state index is 13.2. The average molecular weight is 273 g/mol. The standard InChI is InChI=1S/C16H16FNO2/c1-11(19)15-9-13(17)5-8-16(15)18-10-12-3-6-14(20-2)7-4-12/h3-9,18H,10H2,1-2H3. The van der Waals surface area contributed by atoms with Crippen LogP contribution < -0.4 is 10.1 Å². The van der Waals surface area contributed by atoms with E-state index >= 15 is 0 Å². The first kappa shape index (κ1) is 14.1. The molecule has 0 atom stereocenters. The van der Waals surface area contributed by atoms with Crippen LogP contribution >= 0.6 is 0 Å². The van der Waals surface area contributed by atoms with E-state index in [1.165, 1.54) is 19.1 Å². The van der Waals surface area contributed by atoms with E-state index in [1.54, 1.807) is 13.2 Å². The van der Waals surface area contributed by atoms with Gasteiger partial charge in [0, 0.05) is 17.8 Å². The highest BCUT2D eigenvalue weighted by Crippen LogP contribution is 2.19. The van der Waals surface area contributed by atoms with E-state index in [0.29, 0.717) is 17.8 Å². The predicted octanol–water partition coefficient (Wildman–Crippen LogP) is 3.65. The Balaban J connectivity index is 2.12. The van der Waals surface area contributed by atoms with Crippen molar-refractivity contribution in [3.05, 3.63) is 59.4 Å². The third kappa shape index (κ3) is 3.35. The number of rotatable bonds is 5. The van der Waals surface area contributed by atoms with E-state index in [-0.39, 0.29) is 5.78 Å². The van der Waals surface area contributed by atoms with Gasteiger partial charge in [0.15, 0.2) is 5.78 Å². The van der Waals surface area contributed by atoms with Gasteiger partial charge >= 0.3 is 0 Å². The molecule has 1 N–H and O–H groups in total. The molecule has 0 unspecified atom stereocenters. The number of methoxy groups -OCH3 is 1. The zero-order valence-corrected chi connectivity index (χ0v) is 11.4. The average Bonchev–Trinajstić information content (AvgIpc) is 2.46. The van der Waals surface area contributed by atoms with Crippen molar-refractivity contribution in [2.24, 2.45) is 0 Å². The smallest absolute Gasteiger partial charge is 0.161 e. The van der Waals surface area contributed by atoms with E-state index in [4.69, 9.17) is 4.74 Å². The third-order valence-corrected chi connectivity index (χ3v) is 3.00. The number of carbonyl (C=O) groups excluding carboxylic acids is 1. The highest BCUT2D eigenvalue weighted by molar-refractivity contribution is 5.99. The Labute approximate surface area is 117 Å². The van der Waals surface area contributed by atoms with Gasteiger partial charge in [0.1, 0.15) is 11.6 Å². The lowest BCUT2D eigenvalue weighted by molar-refractivity contribution is 0.101. The fraction of sp³-hybridized carbons (Fsp3) is 0.188. The van der Waals surface area contributed by atoms with Crippen LogP contribution in [0, 0.1) is 5.82 Å². The Morgan fingerprint density at radius 1 is 1.20 bits per heavy atom. The Morgan fingerprint density at radius 3 is 2.50 bits per heavy atom. The van der Waals surface area contributed by atoms with Gasteiger partial charge in [0.25, 0.3) is 0 Å². The van der Waals surface area contributed by atoms with Crippen molar-refractivity contribution >= 4 is 11.5 Å². The van der Waals surface area contributed by atoms with Gasteiger partial charge in [0.05, 0.1) is 7.11 Å².